The topological polar surface area (TPSA) is 34.0 Å². The van der Waals surface area contributed by atoms with Gasteiger partial charge in [0.05, 0.1) is 6.04 Å². The van der Waals surface area contributed by atoms with Gasteiger partial charge in [0, 0.05) is 17.6 Å². The summed E-state index contributed by atoms with van der Waals surface area (Å²) >= 11 is 0. The fourth-order valence-electron chi connectivity index (χ4n) is 3.62. The Morgan fingerprint density at radius 3 is 2.81 bits per heavy atom. The average molecular weight is 282 g/mol. The van der Waals surface area contributed by atoms with Crippen LogP contribution in [0.15, 0.2) is 35.3 Å². The number of hydrogen-bond donors (Lipinski definition) is 1. The highest BCUT2D eigenvalue weighted by Crippen LogP contribution is 2.40. The third-order valence-corrected chi connectivity index (χ3v) is 5.08. The highest BCUT2D eigenvalue weighted by molar-refractivity contribution is 5.82. The molecule has 1 N–H and O–H groups in total. The quantitative estimate of drug-likeness (QED) is 0.918. The van der Waals surface area contributed by atoms with E-state index in [0.717, 1.165) is 36.1 Å². The molecule has 2 heterocycles. The molecule has 21 heavy (non-hydrogen) atoms. The Hall–Kier alpha value is -1.61. The lowest BCUT2D eigenvalue weighted by Crippen LogP contribution is -2.43. The molecule has 2 atom stereocenters. The molecular weight excluding hydrogens is 260 g/mol. The Bertz CT molecular complexity index is 730. The lowest BCUT2D eigenvalue weighted by atomic mass is 9.98. The summed E-state index contributed by atoms with van der Waals surface area (Å²) in [5, 5.41) is 5.43. The van der Waals surface area contributed by atoms with Gasteiger partial charge < -0.3 is 9.88 Å². The van der Waals surface area contributed by atoms with Crippen molar-refractivity contribution in [3.05, 3.63) is 46.4 Å². The molecule has 1 aliphatic heterocycles. The van der Waals surface area contributed by atoms with Crippen LogP contribution in [0.2, 0.25) is 0 Å². The van der Waals surface area contributed by atoms with E-state index in [1.165, 1.54) is 18.4 Å². The van der Waals surface area contributed by atoms with Gasteiger partial charge in [0.15, 0.2) is 0 Å². The fourth-order valence-corrected chi connectivity index (χ4v) is 3.62. The smallest absolute Gasteiger partial charge is 0.258 e. The zero-order valence-corrected chi connectivity index (χ0v) is 12.5. The van der Waals surface area contributed by atoms with E-state index in [1.807, 2.05) is 16.8 Å². The van der Waals surface area contributed by atoms with E-state index in [-0.39, 0.29) is 11.6 Å². The van der Waals surface area contributed by atoms with E-state index in [0.29, 0.717) is 6.04 Å². The molecule has 0 spiro atoms. The number of piperidine rings is 1. The maximum atomic E-state index is 12.8. The third-order valence-electron chi connectivity index (χ3n) is 5.08. The SMILES string of the molecule is C[C@H]1NCCC[C@H]1n1ccc2cc(C3CC3)ccc2c1=O. The molecule has 2 fully saturated rings. The molecule has 2 aromatic rings. The number of hydrogen-bond acceptors (Lipinski definition) is 2. The minimum Gasteiger partial charge on any atom is -0.312 e. The van der Waals surface area contributed by atoms with E-state index >= 15 is 0 Å². The van der Waals surface area contributed by atoms with E-state index in [1.54, 1.807) is 0 Å². The Labute approximate surface area is 125 Å². The van der Waals surface area contributed by atoms with Crippen LogP contribution in [0.3, 0.4) is 0 Å². The molecule has 0 bridgehead atoms. The number of benzene rings is 1. The number of nitrogens with zero attached hydrogens (tertiary/aromatic N) is 1. The van der Waals surface area contributed by atoms with Crippen molar-refractivity contribution in [3.8, 4) is 0 Å². The maximum Gasteiger partial charge on any atom is 0.258 e. The largest absolute Gasteiger partial charge is 0.312 e. The summed E-state index contributed by atoms with van der Waals surface area (Å²) in [6.45, 7) is 3.24. The lowest BCUT2D eigenvalue weighted by molar-refractivity contribution is 0.291. The molecule has 1 aromatic carbocycles. The predicted molar refractivity (Wildman–Crippen MR) is 85.9 cm³/mol. The summed E-state index contributed by atoms with van der Waals surface area (Å²) in [5.41, 5.74) is 1.56. The van der Waals surface area contributed by atoms with Gasteiger partial charge in [-0.3, -0.25) is 4.79 Å². The van der Waals surface area contributed by atoms with E-state index in [9.17, 15) is 4.79 Å². The first-order chi connectivity index (χ1) is 10.2. The number of fused-ring (bicyclic) bond motifs is 1. The van der Waals surface area contributed by atoms with Gasteiger partial charge in [0.25, 0.3) is 5.56 Å². The van der Waals surface area contributed by atoms with Crippen LogP contribution < -0.4 is 10.9 Å². The van der Waals surface area contributed by atoms with Gasteiger partial charge in [0.2, 0.25) is 0 Å². The molecule has 3 nitrogen and oxygen atoms in total. The number of rotatable bonds is 2. The Balaban J connectivity index is 1.78. The van der Waals surface area contributed by atoms with Gasteiger partial charge >= 0.3 is 0 Å². The predicted octanol–water partition coefficient (Wildman–Crippen LogP) is 3.19. The molecule has 1 saturated carbocycles. The standard InChI is InChI=1S/C18H22N2O/c1-12-17(3-2-9-19-12)20-10-8-15-11-14(13-4-5-13)6-7-16(15)18(20)21/h6-8,10-13,17,19H,2-5,9H2,1H3/t12-,17-/m1/s1. The van der Waals surface area contributed by atoms with Crippen molar-refractivity contribution < 1.29 is 0 Å². The van der Waals surface area contributed by atoms with Gasteiger partial charge in [-0.2, -0.15) is 0 Å². The number of nitrogens with one attached hydrogen (secondary N) is 1. The van der Waals surface area contributed by atoms with Crippen molar-refractivity contribution in [1.82, 2.24) is 9.88 Å². The van der Waals surface area contributed by atoms with Gasteiger partial charge in [-0.15, -0.1) is 0 Å². The molecule has 2 aliphatic rings. The van der Waals surface area contributed by atoms with Crippen LogP contribution in [0.4, 0.5) is 0 Å². The van der Waals surface area contributed by atoms with Gasteiger partial charge in [0.1, 0.15) is 0 Å². The summed E-state index contributed by atoms with van der Waals surface area (Å²) in [6, 6.07) is 9.14. The van der Waals surface area contributed by atoms with Crippen molar-refractivity contribution in [2.45, 2.75) is 50.6 Å². The van der Waals surface area contributed by atoms with E-state index in [2.05, 4.69) is 30.4 Å². The maximum absolute atomic E-state index is 12.8. The summed E-state index contributed by atoms with van der Waals surface area (Å²) in [6.07, 6.45) is 6.82. The molecule has 3 heteroatoms. The first kappa shape index (κ1) is 13.1. The van der Waals surface area contributed by atoms with Gasteiger partial charge in [-0.25, -0.2) is 0 Å². The van der Waals surface area contributed by atoms with Crippen LogP contribution >= 0.6 is 0 Å². The third kappa shape index (κ3) is 2.30. The second kappa shape index (κ2) is 4.99. The Morgan fingerprint density at radius 1 is 1.19 bits per heavy atom. The highest BCUT2D eigenvalue weighted by Gasteiger charge is 2.25. The highest BCUT2D eigenvalue weighted by atomic mass is 16.1. The van der Waals surface area contributed by atoms with Crippen molar-refractivity contribution in [2.75, 3.05) is 6.54 Å². The Morgan fingerprint density at radius 2 is 2.05 bits per heavy atom. The summed E-state index contributed by atoms with van der Waals surface area (Å²) < 4.78 is 1.94. The molecule has 1 saturated heterocycles. The molecule has 0 amide bonds. The van der Waals surface area contributed by atoms with Crippen LogP contribution in [-0.2, 0) is 0 Å². The lowest BCUT2D eigenvalue weighted by Gasteiger charge is -2.31. The zero-order valence-electron chi connectivity index (χ0n) is 12.5. The van der Waals surface area contributed by atoms with Crippen LogP contribution in [0.25, 0.3) is 10.8 Å². The van der Waals surface area contributed by atoms with Crippen molar-refractivity contribution in [3.63, 3.8) is 0 Å². The molecule has 1 aliphatic carbocycles. The van der Waals surface area contributed by atoms with Crippen molar-refractivity contribution in [2.24, 2.45) is 0 Å². The normalized spacial score (nSPS) is 26.1. The van der Waals surface area contributed by atoms with E-state index in [4.69, 9.17) is 0 Å². The monoisotopic (exact) mass is 282 g/mol. The van der Waals surface area contributed by atoms with Crippen LogP contribution in [0, 0.1) is 0 Å². The first-order valence-corrected chi connectivity index (χ1v) is 8.12. The van der Waals surface area contributed by atoms with E-state index < -0.39 is 0 Å². The van der Waals surface area contributed by atoms with Crippen molar-refractivity contribution >= 4 is 10.8 Å². The molecule has 110 valence electrons. The van der Waals surface area contributed by atoms with Crippen molar-refractivity contribution in [1.29, 1.82) is 0 Å². The second-order valence-electron chi connectivity index (χ2n) is 6.60. The molecule has 1 aromatic heterocycles. The Kier molecular flexibility index (Phi) is 3.11. The molecule has 0 radical (unpaired) electrons. The van der Waals surface area contributed by atoms with Gasteiger partial charge in [-0.05, 0) is 68.2 Å². The number of aromatic nitrogens is 1. The summed E-state index contributed by atoms with van der Waals surface area (Å²) in [5.74, 6) is 0.736. The van der Waals surface area contributed by atoms with Gasteiger partial charge in [-0.1, -0.05) is 12.1 Å². The summed E-state index contributed by atoms with van der Waals surface area (Å²) in [7, 11) is 0. The minimum absolute atomic E-state index is 0.162. The summed E-state index contributed by atoms with van der Waals surface area (Å²) in [4.78, 5) is 12.8. The fraction of sp³-hybridized carbons (Fsp3) is 0.500. The average Bonchev–Trinajstić information content (AvgIpc) is 3.33. The minimum atomic E-state index is 0.162. The molecule has 0 unspecified atom stereocenters. The first-order valence-electron chi connectivity index (χ1n) is 8.12. The molecular formula is C18H22N2O. The number of pyridine rings is 1. The van der Waals surface area contributed by atoms with Crippen LogP contribution in [-0.4, -0.2) is 17.2 Å². The second-order valence-corrected chi connectivity index (χ2v) is 6.60. The molecule has 4 rings (SSSR count). The zero-order chi connectivity index (χ0) is 14.4. The van der Waals surface area contributed by atoms with Crippen LogP contribution in [0.5, 0.6) is 0 Å². The van der Waals surface area contributed by atoms with Crippen LogP contribution in [0.1, 0.15) is 50.1 Å².